The van der Waals surface area contributed by atoms with E-state index in [4.69, 9.17) is 48.9 Å². The maximum Gasteiger partial charge on any atom is 0.509 e. The molecule has 0 aliphatic carbocycles. The zero-order valence-corrected chi connectivity index (χ0v) is 28.5. The van der Waals surface area contributed by atoms with Gasteiger partial charge in [0.05, 0.1) is 19.3 Å². The quantitative estimate of drug-likeness (QED) is 0.114. The summed E-state index contributed by atoms with van der Waals surface area (Å²) in [4.78, 5) is 55.6. The first-order valence-corrected chi connectivity index (χ1v) is 16.3. The number of halogens is 1. The number of aromatic amines is 1. The normalized spacial score (nSPS) is 27.4. The molecule has 18 nitrogen and oxygen atoms in total. The number of carbonyl (C=O) groups excluding carboxylic acids is 2. The number of ether oxygens (including phenoxy) is 5. The van der Waals surface area contributed by atoms with Crippen LogP contribution in [0.3, 0.4) is 0 Å². The summed E-state index contributed by atoms with van der Waals surface area (Å²) in [7, 11) is -4.47. The Kier molecular flexibility index (Phi) is 11.0. The fourth-order valence-electron chi connectivity index (χ4n) is 4.62. The SMILES string of the molecule is CC(C)(C)OC(=O)O[C@H]1[C@H](n2ccc(=O)[nH]c2=O)O[C@@](COP2(=O)OCC[C@@H](c3cccc(Cl)c3)O2)(N=[N+]=[N-])[C@H]1OC(=O)OC(C)(C)C. The smallest absolute Gasteiger partial charge is 0.429 e. The van der Waals surface area contributed by atoms with Crippen LogP contribution in [0.5, 0.6) is 0 Å². The van der Waals surface area contributed by atoms with Crippen molar-refractivity contribution in [3.8, 4) is 0 Å². The summed E-state index contributed by atoms with van der Waals surface area (Å²) in [5.41, 5.74) is 3.74. The third kappa shape index (κ3) is 9.38. The summed E-state index contributed by atoms with van der Waals surface area (Å²) < 4.78 is 58.9. The Morgan fingerprint density at radius 2 is 1.79 bits per heavy atom. The summed E-state index contributed by atoms with van der Waals surface area (Å²) in [6.45, 7) is 8.19. The molecule has 0 amide bonds. The van der Waals surface area contributed by atoms with E-state index in [1.54, 1.807) is 65.8 Å². The lowest BCUT2D eigenvalue weighted by atomic mass is 10.1. The first-order valence-electron chi connectivity index (χ1n) is 14.5. The van der Waals surface area contributed by atoms with Crippen LogP contribution < -0.4 is 11.2 Å². The Morgan fingerprint density at radius 3 is 2.40 bits per heavy atom. The minimum absolute atomic E-state index is 0.0819. The third-order valence-corrected chi connectivity index (χ3v) is 8.15. The third-order valence-electron chi connectivity index (χ3n) is 6.46. The molecule has 2 aliphatic rings. The number of aromatic nitrogens is 2. The number of H-pyrrole nitrogens is 1. The van der Waals surface area contributed by atoms with Crippen molar-refractivity contribution in [1.29, 1.82) is 0 Å². The number of benzene rings is 1. The first-order chi connectivity index (χ1) is 22.3. The summed E-state index contributed by atoms with van der Waals surface area (Å²) in [6, 6.07) is 7.59. The maximum absolute atomic E-state index is 13.8. The lowest BCUT2D eigenvalue weighted by Crippen LogP contribution is -2.49. The molecule has 2 aliphatic heterocycles. The van der Waals surface area contributed by atoms with E-state index in [0.29, 0.717) is 10.6 Å². The molecule has 0 radical (unpaired) electrons. The number of azide groups is 1. The van der Waals surface area contributed by atoms with Gasteiger partial charge in [-0.05, 0) is 64.8 Å². The molecule has 2 fully saturated rings. The van der Waals surface area contributed by atoms with Gasteiger partial charge in [0.25, 0.3) is 5.56 Å². The minimum atomic E-state index is -4.47. The Morgan fingerprint density at radius 1 is 1.12 bits per heavy atom. The number of carbonyl (C=O) groups is 2. The Balaban J connectivity index is 1.77. The zero-order chi connectivity index (χ0) is 35.5. The molecule has 4 rings (SSSR count). The topological polar surface area (TPSA) is 229 Å². The number of hydrogen-bond acceptors (Lipinski definition) is 14. The Bertz CT molecular complexity index is 1730. The zero-order valence-electron chi connectivity index (χ0n) is 26.8. The van der Waals surface area contributed by atoms with Crippen LogP contribution in [-0.2, 0) is 41.8 Å². The minimum Gasteiger partial charge on any atom is -0.429 e. The second kappa shape index (κ2) is 14.3. The lowest BCUT2D eigenvalue weighted by Gasteiger charge is -2.33. The van der Waals surface area contributed by atoms with Gasteiger partial charge in [-0.25, -0.2) is 18.9 Å². The molecule has 1 N–H and O–H groups in total. The van der Waals surface area contributed by atoms with E-state index in [1.807, 2.05) is 4.98 Å². The highest BCUT2D eigenvalue weighted by atomic mass is 35.5. The predicted octanol–water partition coefficient (Wildman–Crippen LogP) is 5.67. The van der Waals surface area contributed by atoms with Gasteiger partial charge in [-0.2, -0.15) is 0 Å². The maximum atomic E-state index is 13.8. The molecule has 0 bridgehead atoms. The van der Waals surface area contributed by atoms with Crippen molar-refractivity contribution >= 4 is 31.7 Å². The van der Waals surface area contributed by atoms with E-state index in [2.05, 4.69) is 10.0 Å². The largest absolute Gasteiger partial charge is 0.509 e. The number of nitrogens with one attached hydrogen (secondary N) is 1. The molecular weight excluding hydrogens is 681 g/mol. The van der Waals surface area contributed by atoms with E-state index in [1.165, 1.54) is 0 Å². The van der Waals surface area contributed by atoms with Crippen LogP contribution in [0.1, 0.15) is 65.9 Å². The summed E-state index contributed by atoms with van der Waals surface area (Å²) >= 11 is 6.11. The lowest BCUT2D eigenvalue weighted by molar-refractivity contribution is -0.135. The van der Waals surface area contributed by atoms with Gasteiger partial charge in [0.15, 0.2) is 18.4 Å². The van der Waals surface area contributed by atoms with Crippen LogP contribution in [0.15, 0.2) is 51.2 Å². The number of nitrogens with zero attached hydrogens (tertiary/aromatic N) is 4. The number of hydrogen-bond donors (Lipinski definition) is 1. The standard InChI is InChI=1S/C28H35ClN5O13P/c1-26(2,3)45-24(37)42-20-21(43-25(38)46-27(4,5)6)28(32-33-30,44-22(20)34-12-10-19(35)31-23(34)36)15-41-48(39)40-13-11-18(47-48)16-8-7-9-17(29)14-16/h7-10,12,14,18,20-22H,11,13,15H2,1-6H3,(H,31,35,36)/t18-,20+,21-,22+,28+,48?/m0/s1. The van der Waals surface area contributed by atoms with Gasteiger partial charge in [0.1, 0.15) is 11.2 Å². The highest BCUT2D eigenvalue weighted by Crippen LogP contribution is 2.58. The highest BCUT2D eigenvalue weighted by Gasteiger charge is 2.62. The molecule has 1 unspecified atom stereocenters. The molecule has 0 saturated carbocycles. The molecule has 262 valence electrons. The molecule has 48 heavy (non-hydrogen) atoms. The molecule has 3 heterocycles. The Hall–Kier alpha value is -3.89. The monoisotopic (exact) mass is 715 g/mol. The van der Waals surface area contributed by atoms with Crippen molar-refractivity contribution in [3.05, 3.63) is 78.4 Å². The molecule has 1 aromatic carbocycles. The molecular formula is C28H35ClN5O13P. The van der Waals surface area contributed by atoms with Crippen LogP contribution in [-0.4, -0.2) is 64.2 Å². The number of phosphoric acid groups is 1. The number of rotatable bonds is 8. The van der Waals surface area contributed by atoms with Crippen LogP contribution in [0.4, 0.5) is 9.59 Å². The molecule has 6 atom stereocenters. The van der Waals surface area contributed by atoms with Crippen LogP contribution in [0.2, 0.25) is 5.02 Å². The molecule has 20 heteroatoms. The van der Waals surface area contributed by atoms with E-state index in [9.17, 15) is 29.3 Å². The van der Waals surface area contributed by atoms with Gasteiger partial charge in [0.2, 0.25) is 5.72 Å². The van der Waals surface area contributed by atoms with Crippen molar-refractivity contribution < 1.29 is 51.4 Å². The molecule has 2 aromatic rings. The van der Waals surface area contributed by atoms with Crippen molar-refractivity contribution in [2.45, 2.75) is 89.4 Å². The predicted molar refractivity (Wildman–Crippen MR) is 165 cm³/mol. The molecule has 2 saturated heterocycles. The van der Waals surface area contributed by atoms with Crippen molar-refractivity contribution in [2.75, 3.05) is 13.2 Å². The fraction of sp³-hybridized carbons (Fsp3) is 0.571. The van der Waals surface area contributed by atoms with Gasteiger partial charge >= 0.3 is 25.8 Å². The van der Waals surface area contributed by atoms with Crippen molar-refractivity contribution in [1.82, 2.24) is 9.55 Å². The molecule has 1 aromatic heterocycles. The summed E-state index contributed by atoms with van der Waals surface area (Å²) in [5.74, 6) is 0. The van der Waals surface area contributed by atoms with E-state index in [-0.39, 0.29) is 13.0 Å². The van der Waals surface area contributed by atoms with E-state index < -0.39 is 79.5 Å². The molecule has 0 spiro atoms. The van der Waals surface area contributed by atoms with Gasteiger partial charge in [0, 0.05) is 28.6 Å². The Labute approximate surface area is 278 Å². The summed E-state index contributed by atoms with van der Waals surface area (Å²) in [6.07, 6.45) is -7.70. The van der Waals surface area contributed by atoms with Crippen LogP contribution >= 0.6 is 19.4 Å². The van der Waals surface area contributed by atoms with Gasteiger partial charge in [-0.1, -0.05) is 28.8 Å². The fourth-order valence-corrected chi connectivity index (χ4v) is 6.23. The summed E-state index contributed by atoms with van der Waals surface area (Å²) in [5, 5.41) is 4.08. The van der Waals surface area contributed by atoms with Gasteiger partial charge < -0.3 is 23.7 Å². The van der Waals surface area contributed by atoms with Crippen molar-refractivity contribution in [2.24, 2.45) is 5.11 Å². The average molecular weight is 716 g/mol. The number of phosphoric ester groups is 1. The van der Waals surface area contributed by atoms with E-state index in [0.717, 1.165) is 16.8 Å². The van der Waals surface area contributed by atoms with Gasteiger partial charge in [-0.15, -0.1) is 0 Å². The van der Waals surface area contributed by atoms with Crippen molar-refractivity contribution in [3.63, 3.8) is 0 Å². The second-order valence-corrected chi connectivity index (χ2v) is 14.7. The second-order valence-electron chi connectivity index (χ2n) is 12.6. The highest BCUT2D eigenvalue weighted by molar-refractivity contribution is 7.48. The average Bonchev–Trinajstić information content (AvgIpc) is 3.22. The van der Waals surface area contributed by atoms with E-state index >= 15 is 0 Å². The van der Waals surface area contributed by atoms with Crippen LogP contribution in [0.25, 0.3) is 10.4 Å². The van der Waals surface area contributed by atoms with Gasteiger partial charge in [-0.3, -0.25) is 27.9 Å². The first kappa shape index (κ1) is 36.9. The van der Waals surface area contributed by atoms with Crippen LogP contribution in [0, 0.1) is 0 Å².